The normalized spacial score (nSPS) is 27.7. The van der Waals surface area contributed by atoms with E-state index in [2.05, 4.69) is 56.7 Å². The van der Waals surface area contributed by atoms with E-state index in [-0.39, 0.29) is 0 Å². The average molecular weight is 262 g/mol. The Balaban J connectivity index is 1.97. The first kappa shape index (κ1) is 14.5. The predicted octanol–water partition coefficient (Wildman–Crippen LogP) is 3.72. The van der Waals surface area contributed by atoms with Gasteiger partial charge in [-0.15, -0.1) is 0 Å². The van der Waals surface area contributed by atoms with Crippen LogP contribution >= 0.6 is 0 Å². The van der Waals surface area contributed by atoms with Crippen LogP contribution in [-0.4, -0.2) is 6.10 Å². The summed E-state index contributed by atoms with van der Waals surface area (Å²) < 4.78 is 8.45. The van der Waals surface area contributed by atoms with Crippen molar-refractivity contribution in [3.8, 4) is 0 Å². The van der Waals surface area contributed by atoms with Gasteiger partial charge in [0.15, 0.2) is 11.9 Å². The zero-order valence-electron chi connectivity index (χ0n) is 12.8. The minimum Gasteiger partial charge on any atom is -0.320 e. The molecule has 2 heteroatoms. The monoisotopic (exact) mass is 262 g/mol. The number of hydrogen-bond donors (Lipinski definition) is 0. The van der Waals surface area contributed by atoms with E-state index in [4.69, 9.17) is 4.74 Å². The number of ether oxygens (including phenoxy) is 1. The molecule has 0 N–H and O–H groups in total. The molecule has 1 saturated carbocycles. The fourth-order valence-electron chi connectivity index (χ4n) is 3.19. The summed E-state index contributed by atoms with van der Waals surface area (Å²) in [4.78, 5) is 0. The topological polar surface area (TPSA) is 13.1 Å². The first-order chi connectivity index (χ1) is 9.08. The molecule has 0 bridgehead atoms. The molecule has 1 aromatic heterocycles. The molecular weight excluding hydrogens is 234 g/mol. The van der Waals surface area contributed by atoms with Crippen LogP contribution in [0.25, 0.3) is 0 Å². The van der Waals surface area contributed by atoms with Crippen molar-refractivity contribution in [2.75, 3.05) is 0 Å². The fraction of sp³-hybridized carbons (Fsp3) is 0.706. The summed E-state index contributed by atoms with van der Waals surface area (Å²) in [7, 11) is 0. The SMILES string of the molecule is Cc1cccc[n+]1CO[C@@H]1C[C@H](C)CC[C@H]1C(C)C. The molecule has 2 rings (SSSR count). The molecule has 0 radical (unpaired) electrons. The Morgan fingerprint density at radius 1 is 1.32 bits per heavy atom. The molecule has 0 aromatic carbocycles. The molecule has 0 unspecified atom stereocenters. The maximum atomic E-state index is 6.26. The van der Waals surface area contributed by atoms with E-state index in [1.54, 1.807) is 0 Å². The quantitative estimate of drug-likeness (QED) is 0.754. The van der Waals surface area contributed by atoms with Gasteiger partial charge in [-0.1, -0.05) is 33.3 Å². The first-order valence-corrected chi connectivity index (χ1v) is 7.64. The van der Waals surface area contributed by atoms with Crippen LogP contribution in [0, 0.1) is 24.7 Å². The predicted molar refractivity (Wildman–Crippen MR) is 77.6 cm³/mol. The third-order valence-electron chi connectivity index (χ3n) is 4.56. The van der Waals surface area contributed by atoms with E-state index in [0.29, 0.717) is 12.8 Å². The molecule has 2 nitrogen and oxygen atoms in total. The van der Waals surface area contributed by atoms with Gasteiger partial charge in [-0.05, 0) is 30.6 Å². The Kier molecular flexibility index (Phi) is 4.98. The van der Waals surface area contributed by atoms with Crippen LogP contribution in [0.3, 0.4) is 0 Å². The van der Waals surface area contributed by atoms with Gasteiger partial charge in [0, 0.05) is 19.1 Å². The number of hydrogen-bond acceptors (Lipinski definition) is 1. The first-order valence-electron chi connectivity index (χ1n) is 7.64. The summed E-state index contributed by atoms with van der Waals surface area (Å²) in [6, 6.07) is 6.28. The largest absolute Gasteiger partial charge is 0.320 e. The highest BCUT2D eigenvalue weighted by Gasteiger charge is 2.32. The van der Waals surface area contributed by atoms with Crippen LogP contribution < -0.4 is 4.57 Å². The van der Waals surface area contributed by atoms with E-state index in [1.807, 2.05) is 0 Å². The smallest absolute Gasteiger partial charge is 0.253 e. The lowest BCUT2D eigenvalue weighted by Gasteiger charge is -2.36. The van der Waals surface area contributed by atoms with Gasteiger partial charge in [-0.25, -0.2) is 0 Å². The second-order valence-corrected chi connectivity index (χ2v) is 6.47. The van der Waals surface area contributed by atoms with Crippen molar-refractivity contribution in [1.29, 1.82) is 0 Å². The highest BCUT2D eigenvalue weighted by atomic mass is 16.5. The van der Waals surface area contributed by atoms with Crippen LogP contribution in [0.2, 0.25) is 0 Å². The standard InChI is InChI=1S/C17H28NO/c1-13(2)16-9-8-14(3)11-17(16)19-12-18-10-6-5-7-15(18)4/h5-7,10,13-14,16-17H,8-9,11-12H2,1-4H3/q+1/t14-,16+,17-/m1/s1. The number of aryl methyl sites for hydroxylation is 1. The van der Waals surface area contributed by atoms with Crippen molar-refractivity contribution in [2.24, 2.45) is 17.8 Å². The summed E-state index contributed by atoms with van der Waals surface area (Å²) in [5.41, 5.74) is 1.26. The highest BCUT2D eigenvalue weighted by molar-refractivity contribution is 4.93. The second kappa shape index (κ2) is 6.51. The van der Waals surface area contributed by atoms with E-state index < -0.39 is 0 Å². The Labute approximate surface area is 117 Å². The van der Waals surface area contributed by atoms with Crippen molar-refractivity contribution in [3.05, 3.63) is 30.1 Å². The molecule has 3 atom stereocenters. The number of aromatic nitrogens is 1. The van der Waals surface area contributed by atoms with Gasteiger partial charge in [0.1, 0.15) is 0 Å². The molecular formula is C17H28NO+. The van der Waals surface area contributed by atoms with E-state index >= 15 is 0 Å². The molecule has 1 aromatic rings. The van der Waals surface area contributed by atoms with Crippen molar-refractivity contribution >= 4 is 0 Å². The van der Waals surface area contributed by atoms with Gasteiger partial charge in [0.25, 0.3) is 6.73 Å². The molecule has 0 saturated heterocycles. The van der Waals surface area contributed by atoms with Crippen LogP contribution in [0.15, 0.2) is 24.4 Å². The average Bonchev–Trinajstić information content (AvgIpc) is 2.37. The summed E-state index contributed by atoms with van der Waals surface area (Å²) >= 11 is 0. The molecule has 0 amide bonds. The number of nitrogens with zero attached hydrogens (tertiary/aromatic N) is 1. The zero-order chi connectivity index (χ0) is 13.8. The van der Waals surface area contributed by atoms with Gasteiger partial charge >= 0.3 is 0 Å². The van der Waals surface area contributed by atoms with Gasteiger partial charge in [0.2, 0.25) is 0 Å². The van der Waals surface area contributed by atoms with Gasteiger partial charge in [0.05, 0.1) is 6.10 Å². The van der Waals surface area contributed by atoms with Crippen LogP contribution in [0.1, 0.15) is 45.7 Å². The fourth-order valence-corrected chi connectivity index (χ4v) is 3.19. The van der Waals surface area contributed by atoms with E-state index in [9.17, 15) is 0 Å². The molecule has 1 aliphatic rings. The molecule has 106 valence electrons. The van der Waals surface area contributed by atoms with Crippen LogP contribution in [0.4, 0.5) is 0 Å². The van der Waals surface area contributed by atoms with Gasteiger partial charge in [-0.3, -0.25) is 0 Å². The molecule has 0 spiro atoms. The third-order valence-corrected chi connectivity index (χ3v) is 4.56. The lowest BCUT2D eigenvalue weighted by atomic mass is 9.75. The third kappa shape index (κ3) is 3.79. The number of pyridine rings is 1. The number of rotatable bonds is 4. The zero-order valence-corrected chi connectivity index (χ0v) is 12.8. The van der Waals surface area contributed by atoms with Gasteiger partial charge in [-0.2, -0.15) is 4.57 Å². The minimum absolute atomic E-state index is 0.427. The Morgan fingerprint density at radius 2 is 2.11 bits per heavy atom. The molecule has 19 heavy (non-hydrogen) atoms. The summed E-state index contributed by atoms with van der Waals surface area (Å²) in [6.45, 7) is 9.84. The second-order valence-electron chi connectivity index (χ2n) is 6.47. The molecule has 1 fully saturated rings. The van der Waals surface area contributed by atoms with Crippen molar-refractivity contribution in [2.45, 2.75) is 59.8 Å². The Hall–Kier alpha value is -0.890. The Morgan fingerprint density at radius 3 is 2.79 bits per heavy atom. The molecule has 1 aliphatic carbocycles. The summed E-state index contributed by atoms with van der Waals surface area (Å²) in [5.74, 6) is 2.25. The van der Waals surface area contributed by atoms with E-state index in [1.165, 1.54) is 25.0 Å². The van der Waals surface area contributed by atoms with Crippen LogP contribution in [-0.2, 0) is 11.5 Å². The molecule has 1 heterocycles. The van der Waals surface area contributed by atoms with Crippen molar-refractivity contribution in [3.63, 3.8) is 0 Å². The van der Waals surface area contributed by atoms with Crippen molar-refractivity contribution in [1.82, 2.24) is 0 Å². The maximum Gasteiger partial charge on any atom is 0.253 e. The molecule has 0 aliphatic heterocycles. The van der Waals surface area contributed by atoms with Crippen molar-refractivity contribution < 1.29 is 9.30 Å². The minimum atomic E-state index is 0.427. The highest BCUT2D eigenvalue weighted by Crippen LogP contribution is 2.35. The summed E-state index contributed by atoms with van der Waals surface area (Å²) in [5, 5.41) is 0. The Bertz CT molecular complexity index is 402. The lowest BCUT2D eigenvalue weighted by Crippen LogP contribution is -2.42. The summed E-state index contributed by atoms with van der Waals surface area (Å²) in [6.07, 6.45) is 6.43. The van der Waals surface area contributed by atoms with Crippen LogP contribution in [0.5, 0.6) is 0 Å². The van der Waals surface area contributed by atoms with E-state index in [0.717, 1.165) is 17.8 Å². The van der Waals surface area contributed by atoms with Gasteiger partial charge < -0.3 is 4.74 Å². The lowest BCUT2D eigenvalue weighted by molar-refractivity contribution is -0.740. The maximum absolute atomic E-state index is 6.26.